The number of rotatable bonds is 1. The van der Waals surface area contributed by atoms with Crippen molar-refractivity contribution in [2.45, 2.75) is 6.92 Å². The Morgan fingerprint density at radius 2 is 2.27 bits per heavy atom. The average Bonchev–Trinajstić information content (AvgIpc) is 2.23. The number of hydrogen-bond donors (Lipinski definition) is 1. The molecule has 15 heavy (non-hydrogen) atoms. The van der Waals surface area contributed by atoms with Gasteiger partial charge in [0.25, 0.3) is 0 Å². The number of nitrogens with zero attached hydrogens (tertiary/aromatic N) is 1. The van der Waals surface area contributed by atoms with Gasteiger partial charge >= 0.3 is 0 Å². The van der Waals surface area contributed by atoms with Gasteiger partial charge in [0.15, 0.2) is 11.5 Å². The predicted octanol–water partition coefficient (Wildman–Crippen LogP) is 2.75. The van der Waals surface area contributed by atoms with Gasteiger partial charge in [-0.2, -0.15) is 0 Å². The summed E-state index contributed by atoms with van der Waals surface area (Å²) in [4.78, 5) is 15.5. The van der Waals surface area contributed by atoms with E-state index in [-0.39, 0.29) is 11.5 Å². The zero-order valence-electron chi connectivity index (χ0n) is 7.99. The van der Waals surface area contributed by atoms with E-state index in [9.17, 15) is 9.90 Å². The van der Waals surface area contributed by atoms with Crippen LogP contribution in [0.25, 0.3) is 10.9 Å². The van der Waals surface area contributed by atoms with Crippen molar-refractivity contribution in [3.8, 4) is 5.75 Å². The Balaban J connectivity index is 2.94. The molecule has 0 unspecified atom stereocenters. The van der Waals surface area contributed by atoms with Crippen LogP contribution in [0, 0.1) is 3.57 Å². The van der Waals surface area contributed by atoms with Crippen LogP contribution in [0.1, 0.15) is 17.3 Å². The van der Waals surface area contributed by atoms with Crippen LogP contribution >= 0.6 is 22.6 Å². The first-order valence-electron chi connectivity index (χ1n) is 4.38. The zero-order valence-corrected chi connectivity index (χ0v) is 10.1. The molecule has 0 saturated heterocycles. The number of benzene rings is 1. The Morgan fingerprint density at radius 1 is 1.53 bits per heavy atom. The molecule has 0 saturated carbocycles. The third kappa shape index (κ3) is 1.69. The molecule has 1 N–H and O–H groups in total. The quantitative estimate of drug-likeness (QED) is 0.650. The summed E-state index contributed by atoms with van der Waals surface area (Å²) in [5, 5.41) is 10.5. The molecule has 0 radical (unpaired) electrons. The second-order valence-electron chi connectivity index (χ2n) is 3.21. The van der Waals surface area contributed by atoms with Crippen LogP contribution in [0.5, 0.6) is 5.75 Å². The Bertz CT molecular complexity index is 552. The summed E-state index contributed by atoms with van der Waals surface area (Å²) in [6.07, 6.45) is 1.60. The third-order valence-electron chi connectivity index (χ3n) is 2.20. The van der Waals surface area contributed by atoms with Gasteiger partial charge in [-0.3, -0.25) is 9.78 Å². The largest absolute Gasteiger partial charge is 0.505 e. The van der Waals surface area contributed by atoms with Gasteiger partial charge in [0, 0.05) is 17.1 Å². The smallest absolute Gasteiger partial charge is 0.160 e. The average molecular weight is 313 g/mol. The minimum absolute atomic E-state index is 0.0223. The number of aromatic hydroxyl groups is 1. The first kappa shape index (κ1) is 10.4. The molecule has 76 valence electrons. The van der Waals surface area contributed by atoms with E-state index >= 15 is 0 Å². The molecule has 0 amide bonds. The number of halogens is 1. The SMILES string of the molecule is CC(=O)c1cc(I)c(O)c2ncccc12. The molecule has 0 atom stereocenters. The van der Waals surface area contributed by atoms with Crippen LogP contribution in [-0.4, -0.2) is 15.9 Å². The van der Waals surface area contributed by atoms with Crippen molar-refractivity contribution < 1.29 is 9.90 Å². The number of hydrogen-bond acceptors (Lipinski definition) is 3. The van der Waals surface area contributed by atoms with E-state index in [0.717, 1.165) is 0 Å². The molecule has 2 rings (SSSR count). The molecule has 1 heterocycles. The maximum absolute atomic E-state index is 11.4. The first-order chi connectivity index (χ1) is 7.11. The molecule has 0 fully saturated rings. The van der Waals surface area contributed by atoms with Gasteiger partial charge in [-0.1, -0.05) is 6.07 Å². The van der Waals surface area contributed by atoms with E-state index in [1.165, 1.54) is 6.92 Å². The van der Waals surface area contributed by atoms with Crippen LogP contribution in [0.2, 0.25) is 0 Å². The van der Waals surface area contributed by atoms with E-state index in [1.807, 2.05) is 22.6 Å². The fourth-order valence-electron chi connectivity index (χ4n) is 1.49. The van der Waals surface area contributed by atoms with Gasteiger partial charge < -0.3 is 5.11 Å². The number of Topliss-reactive ketones (excluding diaryl/α,β-unsaturated/α-hetero) is 1. The summed E-state index contributed by atoms with van der Waals surface area (Å²) >= 11 is 1.99. The number of phenolic OH excluding ortho intramolecular Hbond substituents is 1. The zero-order chi connectivity index (χ0) is 11.0. The summed E-state index contributed by atoms with van der Waals surface area (Å²) < 4.78 is 0.643. The van der Waals surface area contributed by atoms with Gasteiger partial charge in [-0.05, 0) is 41.6 Å². The Labute approximate surface area is 100 Å². The monoisotopic (exact) mass is 313 g/mol. The standard InChI is InChI=1S/C11H8INO2/c1-6(14)8-5-9(12)11(15)10-7(8)3-2-4-13-10/h2-5,15H,1H3. The highest BCUT2D eigenvalue weighted by molar-refractivity contribution is 14.1. The molecular weight excluding hydrogens is 305 g/mol. The number of carbonyl (C=O) groups excluding carboxylic acids is 1. The van der Waals surface area contributed by atoms with Crippen molar-refractivity contribution >= 4 is 39.3 Å². The molecule has 3 nitrogen and oxygen atoms in total. The van der Waals surface area contributed by atoms with Crippen molar-refractivity contribution in [3.05, 3.63) is 33.5 Å². The van der Waals surface area contributed by atoms with Crippen LogP contribution in [0.15, 0.2) is 24.4 Å². The molecule has 0 aliphatic carbocycles. The maximum atomic E-state index is 11.4. The summed E-state index contributed by atoms with van der Waals surface area (Å²) in [5.41, 5.74) is 1.08. The minimum Gasteiger partial charge on any atom is -0.505 e. The summed E-state index contributed by atoms with van der Waals surface area (Å²) in [5.74, 6) is 0.113. The number of ketones is 1. The lowest BCUT2D eigenvalue weighted by Gasteiger charge is -2.06. The molecular formula is C11H8INO2. The van der Waals surface area contributed by atoms with Crippen molar-refractivity contribution in [3.63, 3.8) is 0 Å². The van der Waals surface area contributed by atoms with Gasteiger partial charge in [0.1, 0.15) is 5.52 Å². The Kier molecular flexibility index (Phi) is 2.60. The number of phenols is 1. The summed E-state index contributed by atoms with van der Waals surface area (Å²) in [7, 11) is 0. The first-order valence-corrected chi connectivity index (χ1v) is 5.46. The van der Waals surface area contributed by atoms with Gasteiger partial charge in [-0.25, -0.2) is 0 Å². The van der Waals surface area contributed by atoms with E-state index in [4.69, 9.17) is 0 Å². The van der Waals surface area contributed by atoms with Crippen LogP contribution in [0.3, 0.4) is 0 Å². The molecule has 1 aromatic carbocycles. The van der Waals surface area contributed by atoms with E-state index in [2.05, 4.69) is 4.98 Å². The number of fused-ring (bicyclic) bond motifs is 1. The maximum Gasteiger partial charge on any atom is 0.160 e. The van der Waals surface area contributed by atoms with E-state index < -0.39 is 0 Å². The highest BCUT2D eigenvalue weighted by atomic mass is 127. The lowest BCUT2D eigenvalue weighted by atomic mass is 10.1. The van der Waals surface area contributed by atoms with Crippen LogP contribution in [0.4, 0.5) is 0 Å². The highest BCUT2D eigenvalue weighted by Crippen LogP contribution is 2.31. The second kappa shape index (κ2) is 3.77. The van der Waals surface area contributed by atoms with E-state index in [1.54, 1.807) is 24.4 Å². The lowest BCUT2D eigenvalue weighted by Crippen LogP contribution is -1.96. The molecule has 0 aliphatic heterocycles. The van der Waals surface area contributed by atoms with Gasteiger partial charge in [-0.15, -0.1) is 0 Å². The predicted molar refractivity (Wildman–Crippen MR) is 66.1 cm³/mol. The summed E-state index contributed by atoms with van der Waals surface area (Å²) in [6, 6.07) is 5.22. The Hall–Kier alpha value is -1.17. The van der Waals surface area contributed by atoms with Gasteiger partial charge in [0.05, 0.1) is 3.57 Å². The molecule has 1 aromatic heterocycles. The van der Waals surface area contributed by atoms with Crippen molar-refractivity contribution in [2.75, 3.05) is 0 Å². The topological polar surface area (TPSA) is 50.2 Å². The summed E-state index contributed by atoms with van der Waals surface area (Å²) in [6.45, 7) is 1.51. The fraction of sp³-hybridized carbons (Fsp3) is 0.0909. The number of pyridine rings is 1. The van der Waals surface area contributed by atoms with Crippen LogP contribution in [-0.2, 0) is 0 Å². The molecule has 0 aliphatic rings. The molecule has 2 aromatic rings. The number of aromatic nitrogens is 1. The minimum atomic E-state index is -0.0223. The van der Waals surface area contributed by atoms with Crippen molar-refractivity contribution in [1.82, 2.24) is 4.98 Å². The second-order valence-corrected chi connectivity index (χ2v) is 4.37. The highest BCUT2D eigenvalue weighted by Gasteiger charge is 2.12. The number of carbonyl (C=O) groups is 1. The fourth-order valence-corrected chi connectivity index (χ4v) is 2.06. The van der Waals surface area contributed by atoms with E-state index in [0.29, 0.717) is 20.0 Å². The molecule has 4 heteroatoms. The van der Waals surface area contributed by atoms with Crippen molar-refractivity contribution in [1.29, 1.82) is 0 Å². The third-order valence-corrected chi connectivity index (χ3v) is 3.02. The van der Waals surface area contributed by atoms with Crippen molar-refractivity contribution in [2.24, 2.45) is 0 Å². The molecule has 0 bridgehead atoms. The van der Waals surface area contributed by atoms with Gasteiger partial charge in [0.2, 0.25) is 0 Å². The molecule has 0 spiro atoms. The lowest BCUT2D eigenvalue weighted by molar-refractivity contribution is 0.101. The normalized spacial score (nSPS) is 10.5. The van der Waals surface area contributed by atoms with Crippen LogP contribution < -0.4 is 0 Å². The Morgan fingerprint density at radius 3 is 2.93 bits per heavy atom.